The molecule has 1 aliphatic heterocycles. The number of benzene rings is 1. The van der Waals surface area contributed by atoms with Crippen LogP contribution in [0.15, 0.2) is 41.6 Å². The number of carbonyl (C=O) groups excluding carboxylic acids is 4. The highest BCUT2D eigenvalue weighted by Gasteiger charge is 2.38. The predicted octanol–water partition coefficient (Wildman–Crippen LogP) is 1.17. The molecule has 1 heterocycles. The van der Waals surface area contributed by atoms with Crippen molar-refractivity contribution < 1.29 is 19.2 Å². The molecular formula is C14H12N2O4. The Bertz CT molecular complexity index is 630. The number of nitrogens with one attached hydrogen (secondary N) is 1. The van der Waals surface area contributed by atoms with Gasteiger partial charge in [0.1, 0.15) is 5.70 Å². The Morgan fingerprint density at radius 1 is 1.00 bits per heavy atom. The van der Waals surface area contributed by atoms with E-state index in [1.807, 2.05) is 0 Å². The minimum atomic E-state index is -0.707. The lowest BCUT2D eigenvalue weighted by Crippen LogP contribution is -2.30. The molecule has 1 saturated heterocycles. The van der Waals surface area contributed by atoms with E-state index in [2.05, 4.69) is 5.32 Å². The number of nitrogens with zero attached hydrogens (tertiary/aromatic N) is 1. The number of anilines is 1. The van der Waals surface area contributed by atoms with Crippen LogP contribution in [0, 0.1) is 0 Å². The fourth-order valence-electron chi connectivity index (χ4n) is 2.00. The van der Waals surface area contributed by atoms with Crippen LogP contribution in [0.2, 0.25) is 0 Å². The van der Waals surface area contributed by atoms with Crippen LogP contribution in [0.4, 0.5) is 10.5 Å². The number of hydrogen-bond acceptors (Lipinski definition) is 4. The molecule has 0 radical (unpaired) electrons. The van der Waals surface area contributed by atoms with Crippen LogP contribution in [-0.2, 0) is 14.4 Å². The van der Waals surface area contributed by atoms with E-state index in [-0.39, 0.29) is 11.3 Å². The van der Waals surface area contributed by atoms with Gasteiger partial charge in [0, 0.05) is 0 Å². The third-order valence-electron chi connectivity index (χ3n) is 2.82. The van der Waals surface area contributed by atoms with Gasteiger partial charge in [-0.1, -0.05) is 18.2 Å². The van der Waals surface area contributed by atoms with E-state index in [0.717, 1.165) is 4.90 Å². The van der Waals surface area contributed by atoms with E-state index < -0.39 is 23.5 Å². The molecule has 1 aromatic rings. The molecule has 2 rings (SSSR count). The van der Waals surface area contributed by atoms with Crippen LogP contribution in [0.3, 0.4) is 0 Å². The molecule has 6 heteroatoms. The van der Waals surface area contributed by atoms with Crippen LogP contribution in [0.5, 0.6) is 0 Å². The normalized spacial score (nSPS) is 14.3. The molecule has 1 N–H and O–H groups in total. The maximum Gasteiger partial charge on any atom is 0.333 e. The van der Waals surface area contributed by atoms with Crippen molar-refractivity contribution in [3.05, 3.63) is 41.6 Å². The molecule has 3 amide bonds. The average Bonchev–Trinajstić information content (AvgIpc) is 2.65. The first-order valence-electron chi connectivity index (χ1n) is 5.90. The molecule has 0 bridgehead atoms. The van der Waals surface area contributed by atoms with Crippen molar-refractivity contribution in [3.63, 3.8) is 0 Å². The Hall–Kier alpha value is -2.76. The Morgan fingerprint density at radius 2 is 1.55 bits per heavy atom. The Kier molecular flexibility index (Phi) is 3.47. The number of amides is 3. The maximum atomic E-state index is 12.2. The van der Waals surface area contributed by atoms with E-state index in [4.69, 9.17) is 0 Å². The number of hydrogen-bond donors (Lipinski definition) is 1. The van der Waals surface area contributed by atoms with Gasteiger partial charge in [-0.25, -0.2) is 9.69 Å². The second-order valence-electron chi connectivity index (χ2n) is 4.27. The smallest absolute Gasteiger partial charge is 0.302 e. The lowest BCUT2D eigenvalue weighted by Gasteiger charge is -2.11. The molecule has 0 spiro atoms. The van der Waals surface area contributed by atoms with Gasteiger partial charge in [-0.2, -0.15) is 0 Å². The number of para-hydroxylation sites is 1. The summed E-state index contributed by atoms with van der Waals surface area (Å²) in [7, 11) is 0. The zero-order valence-corrected chi connectivity index (χ0v) is 11.0. The van der Waals surface area contributed by atoms with Crippen molar-refractivity contribution in [1.29, 1.82) is 0 Å². The van der Waals surface area contributed by atoms with Gasteiger partial charge in [-0.3, -0.25) is 14.4 Å². The van der Waals surface area contributed by atoms with Gasteiger partial charge in [0.05, 0.1) is 11.3 Å². The fraction of sp³-hybridized carbons (Fsp3) is 0.143. The van der Waals surface area contributed by atoms with E-state index in [1.54, 1.807) is 30.3 Å². The molecular weight excluding hydrogens is 260 g/mol. The molecule has 0 saturated carbocycles. The molecule has 0 atom stereocenters. The summed E-state index contributed by atoms with van der Waals surface area (Å²) in [6.45, 7) is 2.35. The minimum Gasteiger partial charge on any atom is -0.302 e. The molecule has 20 heavy (non-hydrogen) atoms. The molecule has 6 nitrogen and oxygen atoms in total. The summed E-state index contributed by atoms with van der Waals surface area (Å²) in [6.07, 6.45) is 0. The molecule has 0 unspecified atom stereocenters. The average molecular weight is 272 g/mol. The van der Waals surface area contributed by atoms with Crippen molar-refractivity contribution in [2.75, 3.05) is 4.90 Å². The topological polar surface area (TPSA) is 83.6 Å². The monoisotopic (exact) mass is 272 g/mol. The van der Waals surface area contributed by atoms with Crippen LogP contribution in [0.1, 0.15) is 13.8 Å². The number of imide groups is 1. The Morgan fingerprint density at radius 3 is 2.05 bits per heavy atom. The lowest BCUT2D eigenvalue weighted by molar-refractivity contribution is -0.121. The van der Waals surface area contributed by atoms with Gasteiger partial charge in [0.15, 0.2) is 11.6 Å². The zero-order chi connectivity index (χ0) is 14.9. The van der Waals surface area contributed by atoms with E-state index in [0.29, 0.717) is 5.69 Å². The van der Waals surface area contributed by atoms with Crippen molar-refractivity contribution in [3.8, 4) is 0 Å². The van der Waals surface area contributed by atoms with Gasteiger partial charge >= 0.3 is 6.03 Å². The number of carbonyl (C=O) groups is 4. The first kappa shape index (κ1) is 13.7. The molecule has 102 valence electrons. The first-order valence-corrected chi connectivity index (χ1v) is 5.90. The Labute approximate surface area is 115 Å². The maximum absolute atomic E-state index is 12.2. The third-order valence-corrected chi connectivity index (χ3v) is 2.82. The van der Waals surface area contributed by atoms with Crippen molar-refractivity contribution >= 4 is 29.2 Å². The molecule has 1 fully saturated rings. The molecule has 1 aliphatic rings. The predicted molar refractivity (Wildman–Crippen MR) is 70.8 cm³/mol. The number of allylic oxidation sites excluding steroid dienone is 1. The van der Waals surface area contributed by atoms with Crippen LogP contribution in [-0.4, -0.2) is 23.5 Å². The standard InChI is InChI=1S/C14H12N2O4/c1-8(17)11(9(2)18)12-13(19)16(14(20)15-12)10-6-4-3-5-7-10/h3-7H,1-2H3,(H,15,20). The van der Waals surface area contributed by atoms with E-state index in [1.165, 1.54) is 13.8 Å². The van der Waals surface area contributed by atoms with Crippen LogP contribution >= 0.6 is 0 Å². The molecule has 0 aliphatic carbocycles. The highest BCUT2D eigenvalue weighted by molar-refractivity contribution is 6.33. The molecule has 1 aromatic carbocycles. The second kappa shape index (κ2) is 5.08. The highest BCUT2D eigenvalue weighted by Crippen LogP contribution is 2.22. The second-order valence-corrected chi connectivity index (χ2v) is 4.27. The summed E-state index contributed by atoms with van der Waals surface area (Å²) in [6, 6.07) is 7.58. The van der Waals surface area contributed by atoms with Crippen molar-refractivity contribution in [1.82, 2.24) is 5.32 Å². The van der Waals surface area contributed by atoms with Crippen LogP contribution in [0.25, 0.3) is 0 Å². The number of rotatable bonds is 3. The Balaban J connectivity index is 2.51. The van der Waals surface area contributed by atoms with Crippen LogP contribution < -0.4 is 10.2 Å². The SMILES string of the molecule is CC(=O)C(C(C)=O)=C1NC(=O)N(c2ccccc2)C1=O. The fourth-order valence-corrected chi connectivity index (χ4v) is 2.00. The largest absolute Gasteiger partial charge is 0.333 e. The molecule has 0 aromatic heterocycles. The summed E-state index contributed by atoms with van der Waals surface area (Å²) < 4.78 is 0. The summed E-state index contributed by atoms with van der Waals surface area (Å²) in [5.74, 6) is -1.83. The third kappa shape index (κ3) is 2.23. The van der Waals surface area contributed by atoms with Gasteiger partial charge in [0.2, 0.25) is 0 Å². The zero-order valence-electron chi connectivity index (χ0n) is 11.0. The summed E-state index contributed by atoms with van der Waals surface area (Å²) in [4.78, 5) is 48.0. The number of ketones is 2. The van der Waals surface area contributed by atoms with E-state index >= 15 is 0 Å². The first-order chi connectivity index (χ1) is 9.43. The van der Waals surface area contributed by atoms with Gasteiger partial charge in [-0.05, 0) is 26.0 Å². The van der Waals surface area contributed by atoms with Gasteiger partial charge < -0.3 is 5.32 Å². The summed E-state index contributed by atoms with van der Waals surface area (Å²) in [5.41, 5.74) is -0.183. The van der Waals surface area contributed by atoms with Gasteiger partial charge in [-0.15, -0.1) is 0 Å². The van der Waals surface area contributed by atoms with E-state index in [9.17, 15) is 19.2 Å². The van der Waals surface area contributed by atoms with Crippen molar-refractivity contribution in [2.45, 2.75) is 13.8 Å². The quantitative estimate of drug-likeness (QED) is 0.387. The number of urea groups is 1. The number of Topliss-reactive ketones (excluding diaryl/α,β-unsaturated/α-hetero) is 2. The summed E-state index contributed by atoms with van der Waals surface area (Å²) >= 11 is 0. The lowest BCUT2D eigenvalue weighted by atomic mass is 10.1. The van der Waals surface area contributed by atoms with Crippen molar-refractivity contribution in [2.24, 2.45) is 0 Å². The van der Waals surface area contributed by atoms with Gasteiger partial charge in [0.25, 0.3) is 5.91 Å². The highest BCUT2D eigenvalue weighted by atomic mass is 16.2. The summed E-state index contributed by atoms with van der Waals surface area (Å²) in [5, 5.41) is 2.29. The minimum absolute atomic E-state index is 0.265.